The molecular formula is C21H23BrClNO4. The number of piperidine rings is 1. The van der Waals surface area contributed by atoms with Crippen LogP contribution in [0.25, 0.3) is 0 Å². The predicted molar refractivity (Wildman–Crippen MR) is 112 cm³/mol. The number of rotatable bonds is 6. The molecule has 2 aromatic rings. The molecule has 0 saturated carbocycles. The Labute approximate surface area is 178 Å². The van der Waals surface area contributed by atoms with Crippen molar-refractivity contribution in [3.8, 4) is 11.5 Å². The molecule has 1 atom stereocenters. The largest absolute Gasteiger partial charge is 0.493 e. The standard InChI is InChI=1S/C21H23BrClNO4/c1-27-18-11-16(17(22)12-19(18)28-2)20(14-4-3-5-15(23)10-14)24-8-6-13(7-9-24)21(25)26/h3-5,10-13,20H,6-9H2,1-2H3,(H,25,26). The molecule has 0 bridgehead atoms. The lowest BCUT2D eigenvalue weighted by atomic mass is 9.91. The summed E-state index contributed by atoms with van der Waals surface area (Å²) < 4.78 is 11.8. The maximum atomic E-state index is 11.3. The van der Waals surface area contributed by atoms with Gasteiger partial charge < -0.3 is 14.6 Å². The molecule has 1 aliphatic rings. The molecular weight excluding hydrogens is 446 g/mol. The SMILES string of the molecule is COc1cc(Br)c(C(c2cccc(Cl)c2)N2CCC(C(=O)O)CC2)cc1OC. The minimum atomic E-state index is -0.716. The molecule has 0 radical (unpaired) electrons. The zero-order chi connectivity index (χ0) is 20.3. The summed E-state index contributed by atoms with van der Waals surface area (Å²) in [6, 6.07) is 11.6. The fraction of sp³-hybridized carbons (Fsp3) is 0.381. The summed E-state index contributed by atoms with van der Waals surface area (Å²) in [7, 11) is 3.22. The Morgan fingerprint density at radius 1 is 1.18 bits per heavy atom. The fourth-order valence-electron chi connectivity index (χ4n) is 3.75. The Hall–Kier alpha value is -1.76. The van der Waals surface area contributed by atoms with Gasteiger partial charge >= 0.3 is 5.97 Å². The molecule has 3 rings (SSSR count). The Morgan fingerprint density at radius 3 is 2.39 bits per heavy atom. The molecule has 2 aromatic carbocycles. The number of carboxylic acids is 1. The van der Waals surface area contributed by atoms with Crippen LogP contribution in [0, 0.1) is 5.92 Å². The number of carbonyl (C=O) groups is 1. The average Bonchev–Trinajstić information content (AvgIpc) is 2.69. The Morgan fingerprint density at radius 2 is 1.82 bits per heavy atom. The summed E-state index contributed by atoms with van der Waals surface area (Å²) in [5.41, 5.74) is 2.07. The number of methoxy groups -OCH3 is 2. The number of likely N-dealkylation sites (tertiary alicyclic amines) is 1. The van der Waals surface area contributed by atoms with E-state index < -0.39 is 5.97 Å². The van der Waals surface area contributed by atoms with Crippen molar-refractivity contribution < 1.29 is 19.4 Å². The second kappa shape index (κ2) is 9.16. The number of halogens is 2. The number of hydrogen-bond donors (Lipinski definition) is 1. The van der Waals surface area contributed by atoms with Gasteiger partial charge in [0, 0.05) is 9.50 Å². The molecule has 1 unspecified atom stereocenters. The molecule has 1 heterocycles. The molecule has 1 aliphatic heterocycles. The van der Waals surface area contributed by atoms with Crippen LogP contribution in [-0.2, 0) is 4.79 Å². The van der Waals surface area contributed by atoms with Crippen LogP contribution in [0.15, 0.2) is 40.9 Å². The molecule has 0 amide bonds. The second-order valence-corrected chi connectivity index (χ2v) is 8.13. The van der Waals surface area contributed by atoms with Crippen molar-refractivity contribution in [1.82, 2.24) is 4.90 Å². The van der Waals surface area contributed by atoms with Crippen molar-refractivity contribution in [3.63, 3.8) is 0 Å². The third kappa shape index (κ3) is 4.45. The van der Waals surface area contributed by atoms with Gasteiger partial charge in [0.05, 0.1) is 26.2 Å². The molecule has 0 aromatic heterocycles. The van der Waals surface area contributed by atoms with Crippen LogP contribution in [0.4, 0.5) is 0 Å². The van der Waals surface area contributed by atoms with Crippen LogP contribution in [0.2, 0.25) is 5.02 Å². The molecule has 28 heavy (non-hydrogen) atoms. The van der Waals surface area contributed by atoms with Crippen molar-refractivity contribution >= 4 is 33.5 Å². The van der Waals surface area contributed by atoms with Crippen LogP contribution in [0.3, 0.4) is 0 Å². The van der Waals surface area contributed by atoms with E-state index in [9.17, 15) is 9.90 Å². The van der Waals surface area contributed by atoms with Gasteiger partial charge in [-0.15, -0.1) is 0 Å². The second-order valence-electron chi connectivity index (χ2n) is 6.83. The van der Waals surface area contributed by atoms with Gasteiger partial charge in [0.2, 0.25) is 0 Å². The maximum absolute atomic E-state index is 11.3. The third-order valence-corrected chi connectivity index (χ3v) is 6.13. The highest BCUT2D eigenvalue weighted by atomic mass is 79.9. The van der Waals surface area contributed by atoms with E-state index >= 15 is 0 Å². The Balaban J connectivity index is 2.04. The van der Waals surface area contributed by atoms with E-state index in [1.165, 1.54) is 0 Å². The number of carboxylic acid groups (broad SMARTS) is 1. The van der Waals surface area contributed by atoms with Gasteiger partial charge in [-0.2, -0.15) is 0 Å². The van der Waals surface area contributed by atoms with Crippen molar-refractivity contribution in [2.45, 2.75) is 18.9 Å². The molecule has 1 saturated heterocycles. The van der Waals surface area contributed by atoms with Gasteiger partial charge in [-0.3, -0.25) is 9.69 Å². The highest BCUT2D eigenvalue weighted by Gasteiger charge is 2.31. The first kappa shape index (κ1) is 21.0. The van der Waals surface area contributed by atoms with Crippen molar-refractivity contribution in [2.75, 3.05) is 27.3 Å². The van der Waals surface area contributed by atoms with Gasteiger partial charge in [0.25, 0.3) is 0 Å². The van der Waals surface area contributed by atoms with Crippen LogP contribution < -0.4 is 9.47 Å². The van der Waals surface area contributed by atoms with E-state index in [0.29, 0.717) is 42.5 Å². The fourth-order valence-corrected chi connectivity index (χ4v) is 4.49. The first-order chi connectivity index (χ1) is 13.4. The van der Waals surface area contributed by atoms with E-state index in [1.807, 2.05) is 36.4 Å². The summed E-state index contributed by atoms with van der Waals surface area (Å²) in [5.74, 6) is 0.289. The summed E-state index contributed by atoms with van der Waals surface area (Å²) in [6.45, 7) is 1.38. The zero-order valence-electron chi connectivity index (χ0n) is 15.8. The molecule has 150 valence electrons. The maximum Gasteiger partial charge on any atom is 0.306 e. The highest BCUT2D eigenvalue weighted by Crippen LogP contribution is 2.41. The van der Waals surface area contributed by atoms with Crippen LogP contribution >= 0.6 is 27.5 Å². The van der Waals surface area contributed by atoms with E-state index in [0.717, 1.165) is 15.6 Å². The molecule has 0 aliphatic carbocycles. The molecule has 7 heteroatoms. The number of ether oxygens (including phenoxy) is 2. The quantitative estimate of drug-likeness (QED) is 0.646. The van der Waals surface area contributed by atoms with E-state index in [2.05, 4.69) is 20.8 Å². The normalized spacial score (nSPS) is 16.6. The molecule has 0 spiro atoms. The van der Waals surface area contributed by atoms with Gasteiger partial charge in [-0.05, 0) is 61.3 Å². The third-order valence-electron chi connectivity index (χ3n) is 5.21. The number of hydrogen-bond acceptors (Lipinski definition) is 4. The summed E-state index contributed by atoms with van der Waals surface area (Å²) >= 11 is 9.95. The van der Waals surface area contributed by atoms with Crippen molar-refractivity contribution in [3.05, 3.63) is 57.0 Å². The van der Waals surface area contributed by atoms with Crippen LogP contribution in [-0.4, -0.2) is 43.3 Å². The monoisotopic (exact) mass is 467 g/mol. The number of nitrogens with zero attached hydrogens (tertiary/aromatic N) is 1. The van der Waals surface area contributed by atoms with Crippen LogP contribution in [0.5, 0.6) is 11.5 Å². The Kier molecular flexibility index (Phi) is 6.86. The molecule has 1 N–H and O–H groups in total. The summed E-state index contributed by atoms with van der Waals surface area (Å²) in [6.07, 6.45) is 1.24. The van der Waals surface area contributed by atoms with Gasteiger partial charge in [0.15, 0.2) is 11.5 Å². The lowest BCUT2D eigenvalue weighted by molar-refractivity contribution is -0.143. The van der Waals surface area contributed by atoms with Gasteiger partial charge in [-0.1, -0.05) is 39.7 Å². The summed E-state index contributed by atoms with van der Waals surface area (Å²) in [4.78, 5) is 13.7. The zero-order valence-corrected chi connectivity index (χ0v) is 18.2. The lowest BCUT2D eigenvalue weighted by Gasteiger charge is -2.37. The van der Waals surface area contributed by atoms with Crippen molar-refractivity contribution in [2.24, 2.45) is 5.92 Å². The highest BCUT2D eigenvalue weighted by molar-refractivity contribution is 9.10. The van der Waals surface area contributed by atoms with Crippen LogP contribution in [0.1, 0.15) is 30.0 Å². The number of benzene rings is 2. The molecule has 1 fully saturated rings. The molecule has 5 nitrogen and oxygen atoms in total. The van der Waals surface area contributed by atoms with E-state index in [1.54, 1.807) is 14.2 Å². The van der Waals surface area contributed by atoms with Gasteiger partial charge in [0.1, 0.15) is 0 Å². The minimum absolute atomic E-state index is 0.0809. The first-order valence-corrected chi connectivity index (χ1v) is 10.3. The van der Waals surface area contributed by atoms with Crippen molar-refractivity contribution in [1.29, 1.82) is 0 Å². The Bertz CT molecular complexity index is 852. The minimum Gasteiger partial charge on any atom is -0.493 e. The first-order valence-electron chi connectivity index (χ1n) is 9.08. The summed E-state index contributed by atoms with van der Waals surface area (Å²) in [5, 5.41) is 10.00. The lowest BCUT2D eigenvalue weighted by Crippen LogP contribution is -2.39. The smallest absolute Gasteiger partial charge is 0.306 e. The predicted octanol–water partition coefficient (Wildman–Crippen LogP) is 5.01. The van der Waals surface area contributed by atoms with E-state index in [-0.39, 0.29) is 12.0 Å². The van der Waals surface area contributed by atoms with E-state index in [4.69, 9.17) is 21.1 Å². The van der Waals surface area contributed by atoms with Gasteiger partial charge in [-0.25, -0.2) is 0 Å². The number of aliphatic carboxylic acids is 1. The topological polar surface area (TPSA) is 59.0 Å². The average molecular weight is 469 g/mol.